The topological polar surface area (TPSA) is 38.5 Å². The average molecular weight is 250 g/mol. The lowest BCUT2D eigenvalue weighted by Gasteiger charge is -2.43. The molecule has 17 heavy (non-hydrogen) atoms. The maximum absolute atomic E-state index is 5.59. The fraction of sp³-hybridized carbons (Fsp3) is 0.462. The molecular weight excluding hydrogens is 232 g/mol. The van der Waals surface area contributed by atoms with Crippen LogP contribution < -0.4 is 10.6 Å². The van der Waals surface area contributed by atoms with Crippen molar-refractivity contribution in [2.45, 2.75) is 19.4 Å². The van der Waals surface area contributed by atoms with Crippen molar-refractivity contribution in [2.24, 2.45) is 5.73 Å². The first-order valence-corrected chi connectivity index (χ1v) is 6.17. The molecule has 4 heteroatoms. The number of anilines is 1. The molecule has 0 atom stereocenters. The van der Waals surface area contributed by atoms with Gasteiger partial charge in [0.1, 0.15) is 4.99 Å². The zero-order chi connectivity index (χ0) is 12.5. The van der Waals surface area contributed by atoms with Crippen molar-refractivity contribution >= 4 is 22.9 Å². The van der Waals surface area contributed by atoms with E-state index in [1.807, 2.05) is 12.1 Å². The van der Waals surface area contributed by atoms with E-state index < -0.39 is 0 Å². The highest BCUT2D eigenvalue weighted by Gasteiger charge is 2.30. The first-order valence-electron chi connectivity index (χ1n) is 5.76. The van der Waals surface area contributed by atoms with Gasteiger partial charge in [-0.3, -0.25) is 0 Å². The average Bonchev–Trinajstić information content (AvgIpc) is 2.28. The normalized spacial score (nSPS) is 19.1. The van der Waals surface area contributed by atoms with Gasteiger partial charge >= 0.3 is 0 Å². The van der Waals surface area contributed by atoms with Crippen LogP contribution in [0.5, 0.6) is 0 Å². The highest BCUT2D eigenvalue weighted by molar-refractivity contribution is 7.80. The number of ether oxygens (including phenoxy) is 1. The van der Waals surface area contributed by atoms with Crippen LogP contribution in [0, 0.1) is 0 Å². The Morgan fingerprint density at radius 2 is 2.00 bits per heavy atom. The van der Waals surface area contributed by atoms with Gasteiger partial charge in [-0.2, -0.15) is 0 Å². The van der Waals surface area contributed by atoms with Crippen LogP contribution in [0.2, 0.25) is 0 Å². The van der Waals surface area contributed by atoms with E-state index in [2.05, 4.69) is 30.9 Å². The van der Waals surface area contributed by atoms with Crippen molar-refractivity contribution < 1.29 is 4.74 Å². The molecule has 0 amide bonds. The second-order valence-corrected chi connectivity index (χ2v) is 5.37. The fourth-order valence-electron chi connectivity index (χ4n) is 2.14. The molecule has 1 aliphatic heterocycles. The standard InChI is InChI=1S/C13H18N2OS/c1-13(2)9-16-8-7-15(13)11-5-3-10(4-6-11)12(14)17/h3-6H,7-9H2,1-2H3,(H2,14,17). The Balaban J connectivity index is 2.24. The molecule has 1 aromatic carbocycles. The molecule has 3 nitrogen and oxygen atoms in total. The van der Waals surface area contributed by atoms with Gasteiger partial charge in [-0.15, -0.1) is 0 Å². The van der Waals surface area contributed by atoms with Crippen LogP contribution in [0.3, 0.4) is 0 Å². The van der Waals surface area contributed by atoms with Gasteiger partial charge in [-0.1, -0.05) is 12.2 Å². The Bertz CT molecular complexity index is 414. The quantitative estimate of drug-likeness (QED) is 0.814. The van der Waals surface area contributed by atoms with Gasteiger partial charge in [-0.25, -0.2) is 0 Å². The summed E-state index contributed by atoms with van der Waals surface area (Å²) in [5, 5.41) is 0. The lowest BCUT2D eigenvalue weighted by Crippen LogP contribution is -2.53. The maximum atomic E-state index is 5.59. The van der Waals surface area contributed by atoms with E-state index in [0.717, 1.165) is 25.3 Å². The predicted molar refractivity (Wildman–Crippen MR) is 74.6 cm³/mol. The largest absolute Gasteiger partial charge is 0.389 e. The summed E-state index contributed by atoms with van der Waals surface area (Å²) in [6, 6.07) is 8.09. The van der Waals surface area contributed by atoms with Gasteiger partial charge in [-0.05, 0) is 38.1 Å². The Hall–Kier alpha value is -1.13. The van der Waals surface area contributed by atoms with Crippen molar-refractivity contribution in [1.29, 1.82) is 0 Å². The van der Waals surface area contributed by atoms with E-state index in [0.29, 0.717) is 4.99 Å². The molecule has 0 bridgehead atoms. The van der Waals surface area contributed by atoms with Crippen LogP contribution >= 0.6 is 12.2 Å². The van der Waals surface area contributed by atoms with Crippen LogP contribution in [-0.2, 0) is 4.74 Å². The van der Waals surface area contributed by atoms with E-state index in [1.165, 1.54) is 5.69 Å². The van der Waals surface area contributed by atoms with Gasteiger partial charge in [0, 0.05) is 17.8 Å². The van der Waals surface area contributed by atoms with Crippen LogP contribution in [0.25, 0.3) is 0 Å². The summed E-state index contributed by atoms with van der Waals surface area (Å²) in [5.41, 5.74) is 7.73. The molecule has 1 aliphatic rings. The summed E-state index contributed by atoms with van der Waals surface area (Å²) < 4.78 is 5.52. The van der Waals surface area contributed by atoms with Crippen molar-refractivity contribution in [3.8, 4) is 0 Å². The Kier molecular flexibility index (Phi) is 3.35. The van der Waals surface area contributed by atoms with Crippen molar-refractivity contribution in [3.63, 3.8) is 0 Å². The third-order valence-electron chi connectivity index (χ3n) is 3.11. The van der Waals surface area contributed by atoms with Gasteiger partial charge in [0.15, 0.2) is 0 Å². The van der Waals surface area contributed by atoms with Crippen molar-refractivity contribution in [2.75, 3.05) is 24.7 Å². The first-order chi connectivity index (χ1) is 8.00. The summed E-state index contributed by atoms with van der Waals surface area (Å²) in [7, 11) is 0. The predicted octanol–water partition coefficient (Wildman–Crippen LogP) is 1.94. The second kappa shape index (κ2) is 4.63. The molecule has 1 fully saturated rings. The molecule has 92 valence electrons. The number of rotatable bonds is 2. The first kappa shape index (κ1) is 12.3. The highest BCUT2D eigenvalue weighted by Crippen LogP contribution is 2.26. The number of nitrogens with zero attached hydrogens (tertiary/aromatic N) is 1. The summed E-state index contributed by atoms with van der Waals surface area (Å²) in [4.78, 5) is 2.80. The smallest absolute Gasteiger partial charge is 0.103 e. The molecule has 1 heterocycles. The molecule has 0 saturated carbocycles. The Morgan fingerprint density at radius 1 is 1.35 bits per heavy atom. The third-order valence-corrected chi connectivity index (χ3v) is 3.34. The Morgan fingerprint density at radius 3 is 2.53 bits per heavy atom. The maximum Gasteiger partial charge on any atom is 0.103 e. The van der Waals surface area contributed by atoms with Gasteiger partial charge in [0.05, 0.1) is 18.8 Å². The number of morpholine rings is 1. The minimum atomic E-state index is 0.0307. The molecule has 2 rings (SSSR count). The van der Waals surface area contributed by atoms with E-state index in [1.54, 1.807) is 0 Å². The molecule has 1 saturated heterocycles. The summed E-state index contributed by atoms with van der Waals surface area (Å²) >= 11 is 4.95. The van der Waals surface area contributed by atoms with Gasteiger partial charge in [0.25, 0.3) is 0 Å². The Labute approximate surface area is 108 Å². The SMILES string of the molecule is CC1(C)COCCN1c1ccc(C(N)=S)cc1. The number of hydrogen-bond donors (Lipinski definition) is 1. The van der Waals surface area contributed by atoms with E-state index in [4.69, 9.17) is 22.7 Å². The number of thiocarbonyl (C=S) groups is 1. The zero-order valence-electron chi connectivity index (χ0n) is 10.3. The summed E-state index contributed by atoms with van der Waals surface area (Å²) in [6.07, 6.45) is 0. The number of benzene rings is 1. The molecular formula is C13H18N2OS. The molecule has 0 aliphatic carbocycles. The third kappa shape index (κ3) is 2.58. The van der Waals surface area contributed by atoms with Crippen molar-refractivity contribution in [3.05, 3.63) is 29.8 Å². The molecule has 0 unspecified atom stereocenters. The zero-order valence-corrected chi connectivity index (χ0v) is 11.1. The van der Waals surface area contributed by atoms with E-state index in [-0.39, 0.29) is 5.54 Å². The van der Waals surface area contributed by atoms with Crippen LogP contribution in [0.1, 0.15) is 19.4 Å². The molecule has 2 N–H and O–H groups in total. The monoisotopic (exact) mass is 250 g/mol. The number of hydrogen-bond acceptors (Lipinski definition) is 3. The van der Waals surface area contributed by atoms with Gasteiger partial charge < -0.3 is 15.4 Å². The van der Waals surface area contributed by atoms with Crippen LogP contribution in [0.4, 0.5) is 5.69 Å². The van der Waals surface area contributed by atoms with Gasteiger partial charge in [0.2, 0.25) is 0 Å². The molecule has 0 radical (unpaired) electrons. The summed E-state index contributed by atoms with van der Waals surface area (Å²) in [5.74, 6) is 0. The lowest BCUT2D eigenvalue weighted by molar-refractivity contribution is 0.0644. The van der Waals surface area contributed by atoms with E-state index in [9.17, 15) is 0 Å². The number of nitrogens with two attached hydrogens (primary N) is 1. The molecule has 0 spiro atoms. The lowest BCUT2D eigenvalue weighted by atomic mass is 10.0. The molecule has 1 aromatic rings. The fourth-order valence-corrected chi connectivity index (χ4v) is 2.28. The second-order valence-electron chi connectivity index (χ2n) is 4.93. The van der Waals surface area contributed by atoms with Crippen molar-refractivity contribution in [1.82, 2.24) is 0 Å². The minimum Gasteiger partial charge on any atom is -0.389 e. The summed E-state index contributed by atoms with van der Waals surface area (Å²) in [6.45, 7) is 6.82. The highest BCUT2D eigenvalue weighted by atomic mass is 32.1. The van der Waals surface area contributed by atoms with Crippen LogP contribution in [-0.4, -0.2) is 30.3 Å². The minimum absolute atomic E-state index is 0.0307. The van der Waals surface area contributed by atoms with Crippen LogP contribution in [0.15, 0.2) is 24.3 Å². The molecule has 0 aromatic heterocycles. The van der Waals surface area contributed by atoms with E-state index >= 15 is 0 Å².